The van der Waals surface area contributed by atoms with Gasteiger partial charge in [-0.3, -0.25) is 0 Å². The number of esters is 1. The molecule has 0 spiro atoms. The minimum atomic E-state index is -0.451. The van der Waals surface area contributed by atoms with Gasteiger partial charge in [-0.05, 0) is 49.1 Å². The first-order chi connectivity index (χ1) is 11.5. The molecule has 1 atom stereocenters. The summed E-state index contributed by atoms with van der Waals surface area (Å²) in [5.74, 6) is -0.542. The minimum absolute atomic E-state index is 0.201. The van der Waals surface area contributed by atoms with Crippen molar-refractivity contribution < 1.29 is 19.7 Å². The highest BCUT2D eigenvalue weighted by Crippen LogP contribution is 2.38. The maximum Gasteiger partial charge on any atom is 0.331 e. The molecule has 0 saturated heterocycles. The number of aromatic hydroxyl groups is 2. The van der Waals surface area contributed by atoms with Gasteiger partial charge in [0, 0.05) is 12.0 Å². The number of hydrogen-bond donors (Lipinski definition) is 2. The van der Waals surface area contributed by atoms with Crippen molar-refractivity contribution in [2.45, 2.75) is 25.9 Å². The second kappa shape index (κ2) is 8.20. The number of benzene rings is 1. The van der Waals surface area contributed by atoms with Gasteiger partial charge in [0.25, 0.3) is 0 Å². The summed E-state index contributed by atoms with van der Waals surface area (Å²) in [7, 11) is 0. The molecule has 1 aromatic carbocycles. The lowest BCUT2D eigenvalue weighted by atomic mass is 10.0. The van der Waals surface area contributed by atoms with E-state index in [1.54, 1.807) is 12.1 Å². The Morgan fingerprint density at radius 3 is 2.67 bits per heavy atom. The van der Waals surface area contributed by atoms with E-state index in [2.05, 4.69) is 6.58 Å². The van der Waals surface area contributed by atoms with Crippen LogP contribution in [0, 0.1) is 5.92 Å². The van der Waals surface area contributed by atoms with Crippen LogP contribution in [0.2, 0.25) is 0 Å². The average Bonchev–Trinajstić information content (AvgIpc) is 3.40. The maximum absolute atomic E-state index is 12.1. The molecule has 1 aliphatic rings. The largest absolute Gasteiger partial charge is 0.504 e. The van der Waals surface area contributed by atoms with Crippen LogP contribution in [0.5, 0.6) is 11.5 Å². The predicted octanol–water partition coefficient (Wildman–Crippen LogP) is 4.12. The lowest BCUT2D eigenvalue weighted by Gasteiger charge is -2.17. The number of carbonyl (C=O) groups is 1. The summed E-state index contributed by atoms with van der Waals surface area (Å²) < 4.78 is 5.59. The molecule has 24 heavy (non-hydrogen) atoms. The summed E-state index contributed by atoms with van der Waals surface area (Å²) in [5.41, 5.74) is 1.48. The van der Waals surface area contributed by atoms with Crippen LogP contribution >= 0.6 is 0 Å². The zero-order valence-corrected chi connectivity index (χ0v) is 13.7. The maximum atomic E-state index is 12.1. The van der Waals surface area contributed by atoms with Crippen molar-refractivity contribution in [3.8, 4) is 11.5 Å². The van der Waals surface area contributed by atoms with E-state index < -0.39 is 5.97 Å². The first-order valence-corrected chi connectivity index (χ1v) is 7.91. The van der Waals surface area contributed by atoms with E-state index in [1.807, 2.05) is 25.2 Å². The van der Waals surface area contributed by atoms with Crippen LogP contribution in [0.1, 0.15) is 25.3 Å². The fraction of sp³-hybridized carbons (Fsp3) is 0.250. The van der Waals surface area contributed by atoms with Crippen molar-refractivity contribution >= 4 is 12.0 Å². The Morgan fingerprint density at radius 2 is 2.08 bits per heavy atom. The summed E-state index contributed by atoms with van der Waals surface area (Å²) in [4.78, 5) is 12.1. The van der Waals surface area contributed by atoms with Crippen LogP contribution in [0.15, 0.2) is 60.7 Å². The number of carbonyl (C=O) groups excluding carboxylic acids is 1. The highest BCUT2D eigenvalue weighted by Gasteiger charge is 2.35. The summed E-state index contributed by atoms with van der Waals surface area (Å²) in [5, 5.41) is 18.7. The van der Waals surface area contributed by atoms with Gasteiger partial charge in [0.2, 0.25) is 0 Å². The molecule has 4 nitrogen and oxygen atoms in total. The fourth-order valence-corrected chi connectivity index (χ4v) is 2.29. The molecule has 2 rings (SSSR count). The molecular formula is C20H22O4. The van der Waals surface area contributed by atoms with Gasteiger partial charge < -0.3 is 14.9 Å². The van der Waals surface area contributed by atoms with Crippen LogP contribution in [0.4, 0.5) is 0 Å². The Morgan fingerprint density at radius 1 is 1.33 bits per heavy atom. The smallest absolute Gasteiger partial charge is 0.331 e. The summed E-state index contributed by atoms with van der Waals surface area (Å²) in [6, 6.07) is 4.33. The molecule has 0 amide bonds. The molecule has 0 aliphatic heterocycles. The molecule has 1 fully saturated rings. The molecule has 126 valence electrons. The third kappa shape index (κ3) is 4.88. The van der Waals surface area contributed by atoms with Gasteiger partial charge >= 0.3 is 5.97 Å². The Bertz CT molecular complexity index is 694. The highest BCUT2D eigenvalue weighted by molar-refractivity contribution is 5.87. The van der Waals surface area contributed by atoms with Crippen molar-refractivity contribution in [2.24, 2.45) is 5.92 Å². The van der Waals surface area contributed by atoms with Gasteiger partial charge in [-0.25, -0.2) is 4.79 Å². The van der Waals surface area contributed by atoms with E-state index in [4.69, 9.17) is 4.74 Å². The Labute approximate surface area is 142 Å². The third-order valence-corrected chi connectivity index (χ3v) is 3.75. The number of allylic oxidation sites excluding steroid dienone is 3. The number of phenolic OH excluding ortho intramolecular Hbond substituents is 2. The van der Waals surface area contributed by atoms with E-state index in [0.717, 1.165) is 18.4 Å². The standard InChI is InChI=1S/C20H22O4/c1-3-5-6-15(4-2)20(16-9-10-16)24-19(23)12-8-14-7-11-17(21)18(22)13-14/h3-8,11-13,16,20-22H,2,9-10H2,1H3/b5-3-,12-8+,15-6+. The number of phenols is 2. The molecule has 1 aliphatic carbocycles. The molecule has 0 aromatic heterocycles. The molecule has 0 radical (unpaired) electrons. The van der Waals surface area contributed by atoms with Gasteiger partial charge in [0.15, 0.2) is 11.5 Å². The fourth-order valence-electron chi connectivity index (χ4n) is 2.29. The zero-order chi connectivity index (χ0) is 17.5. The lowest BCUT2D eigenvalue weighted by molar-refractivity contribution is -0.141. The van der Waals surface area contributed by atoms with Crippen LogP contribution in [0.25, 0.3) is 6.08 Å². The molecule has 4 heteroatoms. The normalized spacial score (nSPS) is 16.5. The number of rotatable bonds is 7. The molecule has 1 aromatic rings. The zero-order valence-electron chi connectivity index (χ0n) is 13.7. The van der Waals surface area contributed by atoms with Gasteiger partial charge in [-0.15, -0.1) is 0 Å². The summed E-state index contributed by atoms with van der Waals surface area (Å²) in [6.07, 6.45) is 12.1. The molecule has 1 saturated carbocycles. The van der Waals surface area contributed by atoms with Crippen molar-refractivity contribution in [2.75, 3.05) is 0 Å². The molecule has 1 unspecified atom stereocenters. The van der Waals surface area contributed by atoms with Crippen molar-refractivity contribution in [3.05, 3.63) is 66.3 Å². The van der Waals surface area contributed by atoms with Crippen molar-refractivity contribution in [3.63, 3.8) is 0 Å². The van der Waals surface area contributed by atoms with E-state index in [-0.39, 0.29) is 17.6 Å². The quantitative estimate of drug-likeness (QED) is 0.342. The first-order valence-electron chi connectivity index (χ1n) is 7.91. The SMILES string of the molecule is C=C/C(=C\C=C/C)C(OC(=O)/C=C/c1ccc(O)c(O)c1)C1CC1. The van der Waals surface area contributed by atoms with Gasteiger partial charge in [0.1, 0.15) is 6.10 Å². The van der Waals surface area contributed by atoms with Crippen LogP contribution in [0.3, 0.4) is 0 Å². The Kier molecular flexibility index (Phi) is 6.01. The molecule has 0 bridgehead atoms. The minimum Gasteiger partial charge on any atom is -0.504 e. The molecular weight excluding hydrogens is 304 g/mol. The van der Waals surface area contributed by atoms with Crippen molar-refractivity contribution in [1.29, 1.82) is 0 Å². The van der Waals surface area contributed by atoms with Gasteiger partial charge in [0.05, 0.1) is 0 Å². The third-order valence-electron chi connectivity index (χ3n) is 3.75. The van der Waals surface area contributed by atoms with Crippen LogP contribution < -0.4 is 0 Å². The molecule has 2 N–H and O–H groups in total. The second-order valence-electron chi connectivity index (χ2n) is 5.67. The van der Waals surface area contributed by atoms with Crippen LogP contribution in [-0.4, -0.2) is 22.3 Å². The van der Waals surface area contributed by atoms with Crippen molar-refractivity contribution in [1.82, 2.24) is 0 Å². The van der Waals surface area contributed by atoms with Gasteiger partial charge in [-0.2, -0.15) is 0 Å². The average molecular weight is 326 g/mol. The number of ether oxygens (including phenoxy) is 1. The van der Waals surface area contributed by atoms with Gasteiger partial charge in [-0.1, -0.05) is 36.9 Å². The second-order valence-corrected chi connectivity index (χ2v) is 5.67. The molecule has 0 heterocycles. The predicted molar refractivity (Wildman–Crippen MR) is 94.5 cm³/mol. The number of hydrogen-bond acceptors (Lipinski definition) is 4. The summed E-state index contributed by atoms with van der Waals surface area (Å²) in [6.45, 7) is 5.72. The Hall–Kier alpha value is -2.75. The van der Waals surface area contributed by atoms with E-state index in [1.165, 1.54) is 24.3 Å². The van der Waals surface area contributed by atoms with Crippen LogP contribution in [-0.2, 0) is 9.53 Å². The monoisotopic (exact) mass is 326 g/mol. The lowest BCUT2D eigenvalue weighted by Crippen LogP contribution is -2.20. The topological polar surface area (TPSA) is 66.8 Å². The van der Waals surface area contributed by atoms with E-state index in [0.29, 0.717) is 11.5 Å². The first kappa shape index (κ1) is 17.6. The Balaban J connectivity index is 2.06. The highest BCUT2D eigenvalue weighted by atomic mass is 16.5. The van der Waals surface area contributed by atoms with E-state index >= 15 is 0 Å². The summed E-state index contributed by atoms with van der Waals surface area (Å²) >= 11 is 0. The van der Waals surface area contributed by atoms with E-state index in [9.17, 15) is 15.0 Å².